The van der Waals surface area contributed by atoms with Crippen LogP contribution in [0.15, 0.2) is 28.8 Å². The Hall–Kier alpha value is -1.92. The van der Waals surface area contributed by atoms with Crippen LogP contribution in [-0.2, 0) is 11.3 Å². The van der Waals surface area contributed by atoms with Crippen LogP contribution in [0.3, 0.4) is 0 Å². The lowest BCUT2D eigenvalue weighted by molar-refractivity contribution is -0.136. The predicted molar refractivity (Wildman–Crippen MR) is 96.1 cm³/mol. The van der Waals surface area contributed by atoms with Crippen molar-refractivity contribution in [3.63, 3.8) is 0 Å². The van der Waals surface area contributed by atoms with E-state index in [-0.39, 0.29) is 11.8 Å². The summed E-state index contributed by atoms with van der Waals surface area (Å²) in [5.41, 5.74) is 0.878. The van der Waals surface area contributed by atoms with Gasteiger partial charge in [0.25, 0.3) is 0 Å². The van der Waals surface area contributed by atoms with Crippen LogP contribution in [0.5, 0.6) is 0 Å². The minimum Gasteiger partial charge on any atom is -0.340 e. The van der Waals surface area contributed by atoms with E-state index in [0.29, 0.717) is 23.3 Å². The van der Waals surface area contributed by atoms with Crippen molar-refractivity contribution < 1.29 is 9.32 Å². The number of carbonyl (C=O) groups is 1. The Balaban J connectivity index is 1.54. The maximum absolute atomic E-state index is 12.2. The van der Waals surface area contributed by atoms with Gasteiger partial charge in [-0.3, -0.25) is 9.69 Å². The van der Waals surface area contributed by atoms with Gasteiger partial charge in [0.05, 0.1) is 6.54 Å². The molecule has 1 saturated heterocycles. The molecule has 0 N–H and O–H groups in total. The SMILES string of the molecule is CCC(C)C(=O)N1CCN(Cc2nc(-c3ccc(Cl)cc3)no2)CC1. The van der Waals surface area contributed by atoms with Crippen LogP contribution in [0.2, 0.25) is 5.02 Å². The molecule has 6 nitrogen and oxygen atoms in total. The molecule has 0 radical (unpaired) electrons. The molecule has 1 amide bonds. The van der Waals surface area contributed by atoms with E-state index in [2.05, 4.69) is 15.0 Å². The van der Waals surface area contributed by atoms with Crippen molar-refractivity contribution in [2.45, 2.75) is 26.8 Å². The molecule has 25 heavy (non-hydrogen) atoms. The van der Waals surface area contributed by atoms with E-state index in [9.17, 15) is 4.79 Å². The molecular weight excluding hydrogens is 340 g/mol. The van der Waals surface area contributed by atoms with Crippen LogP contribution in [-0.4, -0.2) is 52.0 Å². The van der Waals surface area contributed by atoms with E-state index in [1.807, 2.05) is 30.9 Å². The first-order valence-electron chi connectivity index (χ1n) is 8.66. The van der Waals surface area contributed by atoms with Crippen molar-refractivity contribution in [2.24, 2.45) is 5.92 Å². The van der Waals surface area contributed by atoms with Crippen molar-refractivity contribution in [1.29, 1.82) is 0 Å². The molecule has 1 aliphatic rings. The summed E-state index contributed by atoms with van der Waals surface area (Å²) in [4.78, 5) is 20.9. The normalized spacial score (nSPS) is 16.8. The zero-order chi connectivity index (χ0) is 17.8. The lowest BCUT2D eigenvalue weighted by atomic mass is 10.1. The Kier molecular flexibility index (Phi) is 5.71. The van der Waals surface area contributed by atoms with E-state index in [0.717, 1.165) is 38.2 Å². The molecule has 1 aromatic heterocycles. The molecule has 2 aromatic rings. The lowest BCUT2D eigenvalue weighted by Gasteiger charge is -2.35. The Labute approximate surface area is 152 Å². The summed E-state index contributed by atoms with van der Waals surface area (Å²) < 4.78 is 5.37. The third kappa shape index (κ3) is 4.38. The van der Waals surface area contributed by atoms with Crippen molar-refractivity contribution in [3.05, 3.63) is 35.2 Å². The van der Waals surface area contributed by atoms with Crippen molar-refractivity contribution >= 4 is 17.5 Å². The molecule has 3 rings (SSSR count). The number of amides is 1. The predicted octanol–water partition coefficient (Wildman–Crippen LogP) is 3.08. The number of benzene rings is 1. The Morgan fingerprint density at radius 1 is 1.24 bits per heavy atom. The fourth-order valence-corrected chi connectivity index (χ4v) is 2.97. The van der Waals surface area contributed by atoms with Crippen molar-refractivity contribution in [2.75, 3.05) is 26.2 Å². The van der Waals surface area contributed by atoms with E-state index in [4.69, 9.17) is 16.1 Å². The Bertz CT molecular complexity index is 708. The van der Waals surface area contributed by atoms with Gasteiger partial charge in [0, 0.05) is 42.7 Å². The number of rotatable bonds is 5. The first-order valence-corrected chi connectivity index (χ1v) is 9.04. The third-order valence-electron chi connectivity index (χ3n) is 4.65. The summed E-state index contributed by atoms with van der Waals surface area (Å²) in [5, 5.41) is 4.72. The molecule has 1 aliphatic heterocycles. The molecule has 1 atom stereocenters. The minimum absolute atomic E-state index is 0.101. The number of hydrogen-bond acceptors (Lipinski definition) is 5. The molecule has 0 spiro atoms. The highest BCUT2D eigenvalue weighted by Crippen LogP contribution is 2.19. The number of hydrogen-bond donors (Lipinski definition) is 0. The number of nitrogens with zero attached hydrogens (tertiary/aromatic N) is 4. The van der Waals surface area contributed by atoms with E-state index in [1.54, 1.807) is 12.1 Å². The zero-order valence-corrected chi connectivity index (χ0v) is 15.4. The number of carbonyl (C=O) groups excluding carboxylic acids is 1. The van der Waals surface area contributed by atoms with Crippen molar-refractivity contribution in [3.8, 4) is 11.4 Å². The van der Waals surface area contributed by atoms with E-state index < -0.39 is 0 Å². The molecule has 0 aliphatic carbocycles. The van der Waals surface area contributed by atoms with Crippen LogP contribution in [0.1, 0.15) is 26.2 Å². The molecule has 1 fully saturated rings. The monoisotopic (exact) mass is 362 g/mol. The summed E-state index contributed by atoms with van der Waals surface area (Å²) in [7, 11) is 0. The maximum atomic E-state index is 12.2. The fourth-order valence-electron chi connectivity index (χ4n) is 2.84. The first-order chi connectivity index (χ1) is 12.1. The highest BCUT2D eigenvalue weighted by Gasteiger charge is 2.25. The fraction of sp³-hybridized carbons (Fsp3) is 0.500. The summed E-state index contributed by atoms with van der Waals surface area (Å²) in [5.74, 6) is 1.51. The second-order valence-electron chi connectivity index (χ2n) is 6.43. The van der Waals surface area contributed by atoms with Crippen LogP contribution in [0.4, 0.5) is 0 Å². The lowest BCUT2D eigenvalue weighted by Crippen LogP contribution is -2.49. The number of halogens is 1. The van der Waals surface area contributed by atoms with E-state index >= 15 is 0 Å². The highest BCUT2D eigenvalue weighted by atomic mass is 35.5. The highest BCUT2D eigenvalue weighted by molar-refractivity contribution is 6.30. The van der Waals surface area contributed by atoms with Crippen molar-refractivity contribution in [1.82, 2.24) is 19.9 Å². The largest absolute Gasteiger partial charge is 0.340 e. The standard InChI is InChI=1S/C18H23ClN4O2/c1-3-13(2)18(24)23-10-8-22(9-11-23)12-16-20-17(21-25-16)14-4-6-15(19)7-5-14/h4-7,13H,3,8-12H2,1-2H3. The molecule has 2 heterocycles. The molecule has 1 aromatic carbocycles. The smallest absolute Gasteiger partial charge is 0.241 e. The van der Waals surface area contributed by atoms with Crippen LogP contribution >= 0.6 is 11.6 Å². The van der Waals surface area contributed by atoms with E-state index in [1.165, 1.54) is 0 Å². The number of piperazine rings is 1. The maximum Gasteiger partial charge on any atom is 0.241 e. The van der Waals surface area contributed by atoms with Crippen LogP contribution in [0, 0.1) is 5.92 Å². The first kappa shape index (κ1) is 17.9. The third-order valence-corrected chi connectivity index (χ3v) is 4.90. The molecule has 0 bridgehead atoms. The summed E-state index contributed by atoms with van der Waals surface area (Å²) in [6.07, 6.45) is 0.883. The van der Waals surface area contributed by atoms with Gasteiger partial charge in [0.1, 0.15) is 0 Å². The molecule has 0 saturated carbocycles. The summed E-state index contributed by atoms with van der Waals surface area (Å²) in [6.45, 7) is 7.79. The van der Waals surface area contributed by atoms with Gasteiger partial charge in [-0.05, 0) is 30.7 Å². The van der Waals surface area contributed by atoms with Gasteiger partial charge in [-0.2, -0.15) is 4.98 Å². The quantitative estimate of drug-likeness (QED) is 0.817. The van der Waals surface area contributed by atoms with Crippen LogP contribution in [0.25, 0.3) is 11.4 Å². The topological polar surface area (TPSA) is 62.5 Å². The minimum atomic E-state index is 0.101. The van der Waals surface area contributed by atoms with Gasteiger partial charge in [-0.1, -0.05) is 30.6 Å². The van der Waals surface area contributed by atoms with Gasteiger partial charge in [-0.15, -0.1) is 0 Å². The molecular formula is C18H23ClN4O2. The van der Waals surface area contributed by atoms with Gasteiger partial charge in [0.2, 0.25) is 17.6 Å². The van der Waals surface area contributed by atoms with Gasteiger partial charge < -0.3 is 9.42 Å². The average Bonchev–Trinajstić information content (AvgIpc) is 3.10. The summed E-state index contributed by atoms with van der Waals surface area (Å²) in [6, 6.07) is 7.35. The van der Waals surface area contributed by atoms with Gasteiger partial charge >= 0.3 is 0 Å². The zero-order valence-electron chi connectivity index (χ0n) is 14.6. The Morgan fingerprint density at radius 3 is 2.56 bits per heavy atom. The van der Waals surface area contributed by atoms with Gasteiger partial charge in [0.15, 0.2) is 0 Å². The van der Waals surface area contributed by atoms with Crippen LogP contribution < -0.4 is 0 Å². The average molecular weight is 363 g/mol. The molecule has 134 valence electrons. The van der Waals surface area contributed by atoms with Gasteiger partial charge in [-0.25, -0.2) is 0 Å². The second kappa shape index (κ2) is 7.97. The second-order valence-corrected chi connectivity index (χ2v) is 6.87. The Morgan fingerprint density at radius 2 is 1.92 bits per heavy atom. The molecule has 7 heteroatoms. The molecule has 1 unspecified atom stereocenters. The number of aromatic nitrogens is 2. The summed E-state index contributed by atoms with van der Waals surface area (Å²) >= 11 is 5.90.